The van der Waals surface area contributed by atoms with Crippen molar-refractivity contribution in [2.45, 2.75) is 67.9 Å². The molecule has 0 saturated heterocycles. The average Bonchev–Trinajstić information content (AvgIpc) is 2.46. The number of aryl methyl sites for hydroxylation is 6. The lowest BCUT2D eigenvalue weighted by molar-refractivity contribution is 0.831. The molecule has 0 bridgehead atoms. The van der Waals surface area contributed by atoms with Crippen LogP contribution in [-0.4, -0.2) is 11.8 Å². The fourth-order valence-electron chi connectivity index (χ4n) is 3.73. The molecule has 2 heteroatoms. The molecule has 134 valence electrons. The van der Waals surface area contributed by atoms with Gasteiger partial charge >= 0.3 is 0 Å². The van der Waals surface area contributed by atoms with Gasteiger partial charge < -0.3 is 5.32 Å². The van der Waals surface area contributed by atoms with E-state index in [0.29, 0.717) is 6.04 Å². The fraction of sp³-hybridized carbons (Fsp3) is 0.435. The Hall–Kier alpha value is -2.09. The molecule has 1 unspecified atom stereocenters. The smallest absolute Gasteiger partial charge is 0.0687 e. The number of nitrogens with one attached hydrogen (secondary N) is 1. The predicted octanol–water partition coefficient (Wildman–Crippen LogP) is 6.52. The van der Waals surface area contributed by atoms with Gasteiger partial charge in [-0.05, 0) is 77.6 Å². The van der Waals surface area contributed by atoms with Crippen LogP contribution in [0, 0.1) is 41.5 Å². The number of benzene rings is 2. The third kappa shape index (κ3) is 4.94. The Balaban J connectivity index is 2.14. The number of nitrogens with zero attached hydrogens (tertiary/aromatic N) is 1. The molecular weight excluding hydrogens is 304 g/mol. The molecule has 1 atom stereocenters. The van der Waals surface area contributed by atoms with E-state index < -0.39 is 0 Å². The van der Waals surface area contributed by atoms with Crippen molar-refractivity contribution >= 4 is 17.1 Å². The monoisotopic (exact) mass is 336 g/mol. The van der Waals surface area contributed by atoms with Crippen LogP contribution in [0.25, 0.3) is 0 Å². The highest BCUT2D eigenvalue weighted by Crippen LogP contribution is 2.26. The number of aliphatic imine (C=N–C) groups is 1. The lowest BCUT2D eigenvalue weighted by Crippen LogP contribution is -2.19. The van der Waals surface area contributed by atoms with Crippen molar-refractivity contribution < 1.29 is 0 Å². The lowest BCUT2D eigenvalue weighted by Gasteiger charge is -2.20. The Bertz CT molecular complexity index is 754. The van der Waals surface area contributed by atoms with Gasteiger partial charge in [0.25, 0.3) is 0 Å². The Morgan fingerprint density at radius 3 is 1.76 bits per heavy atom. The summed E-state index contributed by atoms with van der Waals surface area (Å²) in [7, 11) is 0. The van der Waals surface area contributed by atoms with Gasteiger partial charge in [0.2, 0.25) is 0 Å². The highest BCUT2D eigenvalue weighted by Gasteiger charge is 2.10. The third-order valence-corrected chi connectivity index (χ3v) is 4.61. The summed E-state index contributed by atoms with van der Waals surface area (Å²) in [6.45, 7) is 17.3. The molecular formula is C23H32N2. The van der Waals surface area contributed by atoms with Crippen LogP contribution in [0.4, 0.5) is 11.4 Å². The van der Waals surface area contributed by atoms with E-state index in [1.54, 1.807) is 0 Å². The van der Waals surface area contributed by atoms with Gasteiger partial charge in [-0.1, -0.05) is 35.4 Å². The first-order valence-electron chi connectivity index (χ1n) is 9.13. The number of rotatable bonds is 5. The Labute approximate surface area is 153 Å². The van der Waals surface area contributed by atoms with Crippen LogP contribution in [0.3, 0.4) is 0 Å². The molecule has 0 aliphatic carbocycles. The zero-order chi connectivity index (χ0) is 18.7. The predicted molar refractivity (Wildman–Crippen MR) is 112 cm³/mol. The van der Waals surface area contributed by atoms with Crippen LogP contribution in [0.15, 0.2) is 29.3 Å². The van der Waals surface area contributed by atoms with E-state index in [9.17, 15) is 0 Å². The van der Waals surface area contributed by atoms with Crippen LogP contribution < -0.4 is 5.32 Å². The van der Waals surface area contributed by atoms with Gasteiger partial charge in [0.15, 0.2) is 0 Å². The zero-order valence-electron chi connectivity index (χ0n) is 17.0. The molecule has 0 saturated carbocycles. The van der Waals surface area contributed by atoms with Crippen molar-refractivity contribution in [1.82, 2.24) is 0 Å². The summed E-state index contributed by atoms with van der Waals surface area (Å²) in [5.74, 6) is 0. The van der Waals surface area contributed by atoms with E-state index >= 15 is 0 Å². The summed E-state index contributed by atoms with van der Waals surface area (Å²) in [4.78, 5) is 4.92. The summed E-state index contributed by atoms with van der Waals surface area (Å²) >= 11 is 0. The molecule has 0 heterocycles. The van der Waals surface area contributed by atoms with E-state index in [1.165, 1.54) is 39.1 Å². The Kier molecular flexibility index (Phi) is 6.05. The van der Waals surface area contributed by atoms with E-state index in [4.69, 9.17) is 4.99 Å². The number of anilines is 1. The lowest BCUT2D eigenvalue weighted by atomic mass is 10.0. The number of hydrogen-bond acceptors (Lipinski definition) is 2. The first kappa shape index (κ1) is 19.2. The molecule has 0 amide bonds. The maximum absolute atomic E-state index is 4.92. The van der Waals surface area contributed by atoms with E-state index in [-0.39, 0.29) is 0 Å². The van der Waals surface area contributed by atoms with Crippen molar-refractivity contribution in [3.05, 3.63) is 57.6 Å². The van der Waals surface area contributed by atoms with Crippen molar-refractivity contribution in [2.24, 2.45) is 4.99 Å². The van der Waals surface area contributed by atoms with E-state index in [0.717, 1.165) is 17.8 Å². The van der Waals surface area contributed by atoms with Crippen molar-refractivity contribution in [2.75, 3.05) is 5.32 Å². The molecule has 2 aromatic carbocycles. The van der Waals surface area contributed by atoms with Gasteiger partial charge in [0.1, 0.15) is 0 Å². The molecule has 1 N–H and O–H groups in total. The van der Waals surface area contributed by atoms with Crippen molar-refractivity contribution in [1.29, 1.82) is 0 Å². The third-order valence-electron chi connectivity index (χ3n) is 4.61. The van der Waals surface area contributed by atoms with E-state index in [1.807, 2.05) is 0 Å². The highest BCUT2D eigenvalue weighted by molar-refractivity contribution is 5.86. The second-order valence-electron chi connectivity index (χ2n) is 7.62. The molecule has 0 spiro atoms. The molecule has 0 radical (unpaired) electrons. The maximum atomic E-state index is 4.92. The topological polar surface area (TPSA) is 24.4 Å². The van der Waals surface area contributed by atoms with Gasteiger partial charge in [0.05, 0.1) is 5.69 Å². The minimum atomic E-state index is 0.343. The summed E-state index contributed by atoms with van der Waals surface area (Å²) in [5, 5.41) is 3.68. The van der Waals surface area contributed by atoms with Gasteiger partial charge in [-0.25, -0.2) is 0 Å². The van der Waals surface area contributed by atoms with Gasteiger partial charge in [0, 0.05) is 23.9 Å². The summed E-state index contributed by atoms with van der Waals surface area (Å²) < 4.78 is 0. The zero-order valence-corrected chi connectivity index (χ0v) is 17.0. The quantitative estimate of drug-likeness (QED) is 0.617. The average molecular weight is 337 g/mol. The highest BCUT2D eigenvalue weighted by atomic mass is 14.9. The molecule has 2 aromatic rings. The summed E-state index contributed by atoms with van der Waals surface area (Å²) in [5.41, 5.74) is 11.3. The molecule has 0 aromatic heterocycles. The van der Waals surface area contributed by atoms with Gasteiger partial charge in [-0.2, -0.15) is 0 Å². The minimum Gasteiger partial charge on any atom is -0.382 e. The van der Waals surface area contributed by atoms with Crippen LogP contribution >= 0.6 is 0 Å². The van der Waals surface area contributed by atoms with Crippen molar-refractivity contribution in [3.8, 4) is 0 Å². The van der Waals surface area contributed by atoms with Crippen molar-refractivity contribution in [3.63, 3.8) is 0 Å². The van der Waals surface area contributed by atoms with Crippen LogP contribution in [0.5, 0.6) is 0 Å². The van der Waals surface area contributed by atoms with E-state index in [2.05, 4.69) is 85.0 Å². The second kappa shape index (κ2) is 7.86. The molecule has 0 fully saturated rings. The first-order chi connectivity index (χ1) is 11.7. The molecule has 2 rings (SSSR count). The van der Waals surface area contributed by atoms with Crippen LogP contribution in [0.1, 0.15) is 53.6 Å². The molecule has 25 heavy (non-hydrogen) atoms. The molecule has 0 aliphatic rings. The Morgan fingerprint density at radius 2 is 1.28 bits per heavy atom. The largest absolute Gasteiger partial charge is 0.382 e. The first-order valence-corrected chi connectivity index (χ1v) is 9.13. The summed E-state index contributed by atoms with van der Waals surface area (Å²) in [6, 6.07) is 9.24. The Morgan fingerprint density at radius 1 is 0.840 bits per heavy atom. The van der Waals surface area contributed by atoms with Crippen LogP contribution in [-0.2, 0) is 0 Å². The van der Waals surface area contributed by atoms with Crippen LogP contribution in [0.2, 0.25) is 0 Å². The van der Waals surface area contributed by atoms with Gasteiger partial charge in [-0.3, -0.25) is 4.99 Å². The second-order valence-corrected chi connectivity index (χ2v) is 7.62. The number of hydrogen-bond donors (Lipinski definition) is 1. The summed E-state index contributed by atoms with van der Waals surface area (Å²) in [6.07, 6.45) is 0.930. The molecule has 2 nitrogen and oxygen atoms in total. The molecule has 0 aliphatic heterocycles. The minimum absolute atomic E-state index is 0.343. The fourth-order valence-corrected chi connectivity index (χ4v) is 3.73. The maximum Gasteiger partial charge on any atom is 0.0687 e. The SMILES string of the molecule is CC(CC(C)Nc1c(C)cc(C)cc1C)=Nc1c(C)cc(C)cc1C. The van der Waals surface area contributed by atoms with Gasteiger partial charge in [-0.15, -0.1) is 0 Å². The normalized spacial score (nSPS) is 13.0. The standard InChI is InChI=1S/C23H32N2/c1-14-9-16(3)22(17(4)10-14)24-20(7)13-21(8)25-23-18(5)11-15(2)12-19(23)6/h9-12,20,24H,13H2,1-8H3.